The van der Waals surface area contributed by atoms with Crippen molar-refractivity contribution < 1.29 is 13.6 Å². The summed E-state index contributed by atoms with van der Waals surface area (Å²) in [5.41, 5.74) is -1.70. The molecule has 0 amide bonds. The van der Waals surface area contributed by atoms with Gasteiger partial charge < -0.3 is 0 Å². The van der Waals surface area contributed by atoms with Crippen molar-refractivity contribution in [1.82, 2.24) is 0 Å². The zero-order chi connectivity index (χ0) is 10.1. The van der Waals surface area contributed by atoms with Gasteiger partial charge in [-0.15, -0.1) is 0 Å². The summed E-state index contributed by atoms with van der Waals surface area (Å²) in [5, 5.41) is 0.143. The second kappa shape index (κ2) is 3.70. The van der Waals surface area contributed by atoms with Crippen LogP contribution in [0, 0.1) is 0 Å². The molecule has 0 aromatic heterocycles. The molecule has 1 aliphatic rings. The molecular weight excluding hydrogens is 242 g/mol. The molecule has 0 bridgehead atoms. The van der Waals surface area contributed by atoms with E-state index in [2.05, 4.69) is 15.9 Å². The van der Waals surface area contributed by atoms with Crippen molar-refractivity contribution in [2.75, 3.05) is 5.33 Å². The molecule has 13 heavy (non-hydrogen) atoms. The van der Waals surface area contributed by atoms with Gasteiger partial charge in [-0.3, -0.25) is 4.79 Å². The van der Waals surface area contributed by atoms with Crippen LogP contribution in [0.25, 0.3) is 0 Å². The number of halogens is 3. The van der Waals surface area contributed by atoms with E-state index >= 15 is 0 Å². The third kappa shape index (κ3) is 2.24. The van der Waals surface area contributed by atoms with Crippen molar-refractivity contribution in [3.63, 3.8) is 0 Å². The maximum absolute atomic E-state index is 13.4. The van der Waals surface area contributed by atoms with Gasteiger partial charge in [0.05, 0.1) is 5.33 Å². The van der Waals surface area contributed by atoms with Gasteiger partial charge >= 0.3 is 0 Å². The Morgan fingerprint density at radius 3 is 2.77 bits per heavy atom. The molecule has 1 atom stereocenters. The zero-order valence-electron chi connectivity index (χ0n) is 7.11. The van der Waals surface area contributed by atoms with Crippen molar-refractivity contribution in [1.29, 1.82) is 0 Å². The summed E-state index contributed by atoms with van der Waals surface area (Å²) in [6.07, 6.45) is 2.17. The summed E-state index contributed by atoms with van der Waals surface area (Å²) in [6.45, 7) is 1.13. The highest BCUT2D eigenvalue weighted by Crippen LogP contribution is 2.33. The topological polar surface area (TPSA) is 17.1 Å². The average molecular weight is 251 g/mol. The summed E-state index contributed by atoms with van der Waals surface area (Å²) in [6, 6.07) is 0. The molecule has 0 aromatic rings. The zero-order valence-corrected chi connectivity index (χ0v) is 8.70. The molecule has 0 fully saturated rings. The highest BCUT2D eigenvalue weighted by Gasteiger charge is 2.34. The van der Waals surface area contributed by atoms with Crippen molar-refractivity contribution in [3.05, 3.63) is 23.6 Å². The molecule has 0 N–H and O–H groups in total. The maximum Gasteiger partial charge on any atom is 0.169 e. The number of hydrogen-bond acceptors (Lipinski definition) is 1. The van der Waals surface area contributed by atoms with Crippen LogP contribution >= 0.6 is 15.9 Å². The maximum atomic E-state index is 13.4. The minimum atomic E-state index is -2.03. The van der Waals surface area contributed by atoms with Gasteiger partial charge in [-0.2, -0.15) is 0 Å². The molecule has 0 heterocycles. The third-order valence-electron chi connectivity index (χ3n) is 1.93. The normalized spacial score (nSPS) is 28.0. The van der Waals surface area contributed by atoms with Crippen LogP contribution in [-0.2, 0) is 4.79 Å². The van der Waals surface area contributed by atoms with E-state index in [1.165, 1.54) is 6.08 Å². The number of ketones is 1. The van der Waals surface area contributed by atoms with Gasteiger partial charge in [0, 0.05) is 6.42 Å². The smallest absolute Gasteiger partial charge is 0.169 e. The van der Waals surface area contributed by atoms with Crippen LogP contribution in [0.2, 0.25) is 0 Å². The molecule has 1 unspecified atom stereocenters. The number of alkyl halides is 2. The Balaban J connectivity index is 2.89. The molecule has 0 saturated carbocycles. The predicted octanol–water partition coefficient (Wildman–Crippen LogP) is 2.86. The van der Waals surface area contributed by atoms with Crippen LogP contribution in [-0.4, -0.2) is 16.8 Å². The van der Waals surface area contributed by atoms with Gasteiger partial charge in [0.2, 0.25) is 0 Å². The lowest BCUT2D eigenvalue weighted by Crippen LogP contribution is -2.25. The molecule has 0 spiro atoms. The summed E-state index contributed by atoms with van der Waals surface area (Å²) < 4.78 is 26.2. The summed E-state index contributed by atoms with van der Waals surface area (Å²) >= 11 is 2.98. The lowest BCUT2D eigenvalue weighted by molar-refractivity contribution is -0.113. The van der Waals surface area contributed by atoms with Crippen molar-refractivity contribution in [2.24, 2.45) is 0 Å². The molecule has 0 saturated heterocycles. The number of Topliss-reactive ketones (excluding diaryl/α,β-unsaturated/α-hetero) is 1. The van der Waals surface area contributed by atoms with Gasteiger partial charge in [-0.1, -0.05) is 22.0 Å². The molecule has 0 aromatic carbocycles. The first-order valence-electron chi connectivity index (χ1n) is 3.82. The largest absolute Gasteiger partial charge is 0.294 e. The summed E-state index contributed by atoms with van der Waals surface area (Å²) in [4.78, 5) is 11.1. The van der Waals surface area contributed by atoms with Crippen LogP contribution < -0.4 is 0 Å². The second-order valence-electron chi connectivity index (χ2n) is 3.14. The number of hydrogen-bond donors (Lipinski definition) is 0. The SMILES string of the molecule is CC1(F)CC(C(=O)CBr)=CC=C1F. The van der Waals surface area contributed by atoms with Crippen LogP contribution in [0.15, 0.2) is 23.6 Å². The lowest BCUT2D eigenvalue weighted by atomic mass is 9.90. The highest BCUT2D eigenvalue weighted by atomic mass is 79.9. The van der Waals surface area contributed by atoms with E-state index in [1.807, 2.05) is 0 Å². The first kappa shape index (κ1) is 10.6. The standard InChI is InChI=1S/C9H9BrF2O/c1-9(12)4-6(7(13)5-10)2-3-8(9)11/h2-3H,4-5H2,1H3. The molecular formula is C9H9BrF2O. The van der Waals surface area contributed by atoms with Gasteiger partial charge in [-0.05, 0) is 18.6 Å². The Morgan fingerprint density at radius 1 is 1.69 bits per heavy atom. The third-order valence-corrected chi connectivity index (χ3v) is 2.44. The van der Waals surface area contributed by atoms with E-state index in [1.54, 1.807) is 0 Å². The van der Waals surface area contributed by atoms with Gasteiger partial charge in [0.1, 0.15) is 5.83 Å². The van der Waals surface area contributed by atoms with E-state index < -0.39 is 11.5 Å². The van der Waals surface area contributed by atoms with E-state index in [0.717, 1.165) is 13.0 Å². The van der Waals surface area contributed by atoms with Crippen molar-refractivity contribution >= 4 is 21.7 Å². The molecule has 0 aliphatic heterocycles. The molecule has 1 rings (SSSR count). The molecule has 4 heteroatoms. The van der Waals surface area contributed by atoms with Crippen molar-refractivity contribution in [2.45, 2.75) is 19.0 Å². The number of allylic oxidation sites excluding steroid dienone is 4. The van der Waals surface area contributed by atoms with E-state index in [9.17, 15) is 13.6 Å². The minimum Gasteiger partial charge on any atom is -0.294 e. The molecule has 1 nitrogen and oxygen atoms in total. The second-order valence-corrected chi connectivity index (χ2v) is 3.70. The Hall–Kier alpha value is -0.510. The molecule has 72 valence electrons. The van der Waals surface area contributed by atoms with E-state index in [-0.39, 0.29) is 17.5 Å². The predicted molar refractivity (Wildman–Crippen MR) is 50.2 cm³/mol. The molecule has 1 aliphatic carbocycles. The fourth-order valence-corrected chi connectivity index (χ4v) is 1.49. The average Bonchev–Trinajstić information content (AvgIpc) is 2.08. The fraction of sp³-hybridized carbons (Fsp3) is 0.444. The van der Waals surface area contributed by atoms with Gasteiger partial charge in [0.15, 0.2) is 11.5 Å². The monoisotopic (exact) mass is 250 g/mol. The number of carbonyl (C=O) groups is 1. The lowest BCUT2D eigenvalue weighted by Gasteiger charge is -2.22. The first-order valence-corrected chi connectivity index (χ1v) is 4.94. The molecule has 0 radical (unpaired) electrons. The van der Waals surface area contributed by atoms with E-state index in [4.69, 9.17) is 0 Å². The Morgan fingerprint density at radius 2 is 2.31 bits per heavy atom. The van der Waals surface area contributed by atoms with Gasteiger partial charge in [0.25, 0.3) is 0 Å². The van der Waals surface area contributed by atoms with Gasteiger partial charge in [-0.25, -0.2) is 8.78 Å². The van der Waals surface area contributed by atoms with Crippen molar-refractivity contribution in [3.8, 4) is 0 Å². The highest BCUT2D eigenvalue weighted by molar-refractivity contribution is 9.09. The fourth-order valence-electron chi connectivity index (χ4n) is 1.13. The van der Waals surface area contributed by atoms with Crippen LogP contribution in [0.3, 0.4) is 0 Å². The van der Waals surface area contributed by atoms with Crippen LogP contribution in [0.1, 0.15) is 13.3 Å². The quantitative estimate of drug-likeness (QED) is 0.689. The summed E-state index contributed by atoms with van der Waals surface area (Å²) in [7, 11) is 0. The number of carbonyl (C=O) groups excluding carboxylic acids is 1. The first-order chi connectivity index (χ1) is 5.97. The minimum absolute atomic E-state index is 0.143. The Labute approximate surface area is 83.6 Å². The van der Waals surface area contributed by atoms with Crippen LogP contribution in [0.5, 0.6) is 0 Å². The van der Waals surface area contributed by atoms with E-state index in [0.29, 0.717) is 5.57 Å². The Kier molecular flexibility index (Phi) is 3.01. The Bertz CT molecular complexity index is 292. The number of rotatable bonds is 2. The van der Waals surface area contributed by atoms with Crippen LogP contribution in [0.4, 0.5) is 8.78 Å². The summed E-state index contributed by atoms with van der Waals surface area (Å²) in [5.74, 6) is -1.02.